The quantitative estimate of drug-likeness (QED) is 0.565. The number of hydrogen-bond donors (Lipinski definition) is 0. The van der Waals surface area contributed by atoms with Gasteiger partial charge in [0.05, 0.1) is 12.0 Å². The Morgan fingerprint density at radius 3 is 2.60 bits per heavy atom. The Hall–Kier alpha value is -2.71. The molecule has 158 valence electrons. The SMILES string of the molecule is CCOC(=O)Cn1c(=O)n(CC)c(=O)c2c3c(sc21)CN(Cc1ccccc1)CC3. The molecule has 0 fully saturated rings. The van der Waals surface area contributed by atoms with Crippen molar-refractivity contribution in [2.75, 3.05) is 13.2 Å². The zero-order chi connectivity index (χ0) is 21.3. The maximum absolute atomic E-state index is 13.1. The number of carbonyl (C=O) groups excluding carboxylic acids is 1. The molecule has 0 bridgehead atoms. The zero-order valence-corrected chi connectivity index (χ0v) is 18.0. The topological polar surface area (TPSA) is 73.5 Å². The summed E-state index contributed by atoms with van der Waals surface area (Å²) in [5, 5.41) is 0.583. The lowest BCUT2D eigenvalue weighted by molar-refractivity contribution is -0.143. The van der Waals surface area contributed by atoms with E-state index in [0.29, 0.717) is 10.2 Å². The fourth-order valence-corrected chi connectivity index (χ4v) is 5.41. The van der Waals surface area contributed by atoms with E-state index < -0.39 is 11.7 Å². The van der Waals surface area contributed by atoms with E-state index in [0.717, 1.165) is 36.5 Å². The molecule has 0 saturated carbocycles. The smallest absolute Gasteiger partial charge is 0.332 e. The van der Waals surface area contributed by atoms with Gasteiger partial charge in [-0.05, 0) is 31.4 Å². The first kappa shape index (κ1) is 20.6. The van der Waals surface area contributed by atoms with Gasteiger partial charge >= 0.3 is 11.7 Å². The summed E-state index contributed by atoms with van der Waals surface area (Å²) in [6, 6.07) is 10.3. The minimum Gasteiger partial charge on any atom is -0.465 e. The Morgan fingerprint density at radius 2 is 1.90 bits per heavy atom. The molecule has 30 heavy (non-hydrogen) atoms. The highest BCUT2D eigenvalue weighted by atomic mass is 32.1. The van der Waals surface area contributed by atoms with Crippen molar-refractivity contribution < 1.29 is 9.53 Å². The number of nitrogens with zero attached hydrogens (tertiary/aromatic N) is 3. The lowest BCUT2D eigenvalue weighted by Gasteiger charge is -2.26. The largest absolute Gasteiger partial charge is 0.465 e. The molecule has 0 aliphatic carbocycles. The molecule has 1 aromatic carbocycles. The van der Waals surface area contributed by atoms with Gasteiger partial charge in [0, 0.05) is 31.1 Å². The Labute approximate surface area is 178 Å². The van der Waals surface area contributed by atoms with Crippen LogP contribution in [-0.4, -0.2) is 33.2 Å². The summed E-state index contributed by atoms with van der Waals surface area (Å²) in [5.41, 5.74) is 1.55. The number of rotatable bonds is 6. The third-order valence-electron chi connectivity index (χ3n) is 5.44. The van der Waals surface area contributed by atoms with Gasteiger partial charge in [0.1, 0.15) is 11.4 Å². The normalized spacial score (nSPS) is 14.1. The minimum absolute atomic E-state index is 0.184. The minimum atomic E-state index is -0.473. The van der Waals surface area contributed by atoms with Gasteiger partial charge in [0.25, 0.3) is 5.56 Å². The third kappa shape index (κ3) is 3.73. The van der Waals surface area contributed by atoms with Crippen LogP contribution in [0.1, 0.15) is 29.9 Å². The van der Waals surface area contributed by atoms with Crippen LogP contribution >= 0.6 is 11.3 Å². The standard InChI is InChI=1S/C22H25N3O4S/c1-3-24-20(27)19-16-10-11-23(12-15-8-6-5-7-9-15)13-17(16)30-21(19)25(22(24)28)14-18(26)29-4-2/h5-9H,3-4,10-14H2,1-2H3. The van der Waals surface area contributed by atoms with E-state index in [-0.39, 0.29) is 25.3 Å². The van der Waals surface area contributed by atoms with Crippen LogP contribution in [0.25, 0.3) is 10.2 Å². The monoisotopic (exact) mass is 427 g/mol. The van der Waals surface area contributed by atoms with Crippen molar-refractivity contribution in [2.24, 2.45) is 0 Å². The molecule has 2 aromatic heterocycles. The van der Waals surface area contributed by atoms with E-state index >= 15 is 0 Å². The fraction of sp³-hybridized carbons (Fsp3) is 0.409. The molecule has 4 rings (SSSR count). The molecule has 3 heterocycles. The molecular formula is C22H25N3O4S. The molecule has 8 heteroatoms. The first-order valence-corrected chi connectivity index (χ1v) is 11.0. The van der Waals surface area contributed by atoms with E-state index in [9.17, 15) is 14.4 Å². The van der Waals surface area contributed by atoms with Gasteiger partial charge < -0.3 is 4.74 Å². The molecule has 0 unspecified atom stereocenters. The lowest BCUT2D eigenvalue weighted by atomic mass is 10.0. The number of hydrogen-bond acceptors (Lipinski definition) is 6. The van der Waals surface area contributed by atoms with Crippen molar-refractivity contribution >= 4 is 27.5 Å². The van der Waals surface area contributed by atoms with Crippen LogP contribution in [0.2, 0.25) is 0 Å². The van der Waals surface area contributed by atoms with E-state index in [1.807, 2.05) is 18.2 Å². The van der Waals surface area contributed by atoms with Gasteiger partial charge in [-0.1, -0.05) is 30.3 Å². The molecule has 1 aliphatic heterocycles. The average Bonchev–Trinajstić information content (AvgIpc) is 3.11. The number of aromatic nitrogens is 2. The van der Waals surface area contributed by atoms with Gasteiger partial charge in [0.15, 0.2) is 0 Å². The predicted molar refractivity (Wildman–Crippen MR) is 117 cm³/mol. The summed E-state index contributed by atoms with van der Waals surface area (Å²) in [6.07, 6.45) is 0.749. The highest BCUT2D eigenvalue weighted by Gasteiger charge is 2.26. The average molecular weight is 428 g/mol. The maximum atomic E-state index is 13.1. The molecule has 0 N–H and O–H groups in total. The van der Waals surface area contributed by atoms with Crippen LogP contribution in [0, 0.1) is 0 Å². The van der Waals surface area contributed by atoms with E-state index in [1.54, 1.807) is 13.8 Å². The van der Waals surface area contributed by atoms with Crippen molar-refractivity contribution in [2.45, 2.75) is 46.4 Å². The Kier molecular flexibility index (Phi) is 5.87. The van der Waals surface area contributed by atoms with Crippen LogP contribution in [-0.2, 0) is 42.1 Å². The summed E-state index contributed by atoms with van der Waals surface area (Å²) < 4.78 is 7.67. The second kappa shape index (κ2) is 8.57. The molecule has 0 amide bonds. The van der Waals surface area contributed by atoms with Crippen molar-refractivity contribution in [3.05, 3.63) is 67.2 Å². The van der Waals surface area contributed by atoms with E-state index in [1.165, 1.54) is 26.0 Å². The van der Waals surface area contributed by atoms with Gasteiger partial charge in [0.2, 0.25) is 0 Å². The summed E-state index contributed by atoms with van der Waals surface area (Å²) in [7, 11) is 0. The molecular weight excluding hydrogens is 402 g/mol. The first-order chi connectivity index (χ1) is 14.5. The molecule has 0 spiro atoms. The lowest BCUT2D eigenvalue weighted by Crippen LogP contribution is -2.40. The Bertz CT molecular complexity index is 1190. The first-order valence-electron chi connectivity index (χ1n) is 10.2. The van der Waals surface area contributed by atoms with Crippen LogP contribution in [0.5, 0.6) is 0 Å². The molecule has 0 saturated heterocycles. The van der Waals surface area contributed by atoms with Gasteiger partial charge in [-0.3, -0.25) is 23.6 Å². The number of thiophene rings is 1. The van der Waals surface area contributed by atoms with Crippen LogP contribution in [0.15, 0.2) is 39.9 Å². The second-order valence-electron chi connectivity index (χ2n) is 7.35. The van der Waals surface area contributed by atoms with Gasteiger partial charge in [-0.2, -0.15) is 0 Å². The highest BCUT2D eigenvalue weighted by Crippen LogP contribution is 2.33. The Morgan fingerprint density at radius 1 is 1.13 bits per heavy atom. The molecule has 0 atom stereocenters. The molecule has 0 radical (unpaired) electrons. The van der Waals surface area contributed by atoms with Gasteiger partial charge in [-0.15, -0.1) is 11.3 Å². The zero-order valence-electron chi connectivity index (χ0n) is 17.2. The fourth-order valence-electron chi connectivity index (χ4n) is 4.04. The van der Waals surface area contributed by atoms with Crippen LogP contribution in [0.3, 0.4) is 0 Å². The summed E-state index contributed by atoms with van der Waals surface area (Å²) in [6.45, 7) is 6.23. The highest BCUT2D eigenvalue weighted by molar-refractivity contribution is 7.18. The second-order valence-corrected chi connectivity index (χ2v) is 8.44. The van der Waals surface area contributed by atoms with Crippen molar-refractivity contribution in [3.63, 3.8) is 0 Å². The van der Waals surface area contributed by atoms with Gasteiger partial charge in [-0.25, -0.2) is 4.79 Å². The number of carbonyl (C=O) groups is 1. The van der Waals surface area contributed by atoms with Crippen molar-refractivity contribution in [1.82, 2.24) is 14.0 Å². The number of esters is 1. The number of fused-ring (bicyclic) bond motifs is 3. The third-order valence-corrected chi connectivity index (χ3v) is 6.68. The van der Waals surface area contributed by atoms with E-state index in [4.69, 9.17) is 4.74 Å². The molecule has 3 aromatic rings. The summed E-state index contributed by atoms with van der Waals surface area (Å²) in [5.74, 6) is -0.473. The van der Waals surface area contributed by atoms with Crippen molar-refractivity contribution in [1.29, 1.82) is 0 Å². The number of ether oxygens (including phenoxy) is 1. The summed E-state index contributed by atoms with van der Waals surface area (Å²) >= 11 is 1.45. The van der Waals surface area contributed by atoms with E-state index in [2.05, 4.69) is 17.0 Å². The van der Waals surface area contributed by atoms with Crippen LogP contribution in [0.4, 0.5) is 0 Å². The van der Waals surface area contributed by atoms with Crippen LogP contribution < -0.4 is 11.2 Å². The maximum Gasteiger partial charge on any atom is 0.332 e. The Balaban J connectivity index is 1.77. The molecule has 7 nitrogen and oxygen atoms in total. The molecule has 1 aliphatic rings. The summed E-state index contributed by atoms with van der Waals surface area (Å²) in [4.78, 5) is 42.1. The predicted octanol–water partition coefficient (Wildman–Crippen LogP) is 2.37. The number of benzene rings is 1. The van der Waals surface area contributed by atoms with Crippen molar-refractivity contribution in [3.8, 4) is 0 Å².